The molecule has 1 rings (SSSR count). The summed E-state index contributed by atoms with van der Waals surface area (Å²) in [4.78, 5) is 35.3. The predicted molar refractivity (Wildman–Crippen MR) is 71.2 cm³/mol. The van der Waals surface area contributed by atoms with Crippen molar-refractivity contribution in [2.45, 2.75) is 39.2 Å². The number of esters is 1. The largest absolute Gasteiger partial charge is 0.481 e. The van der Waals surface area contributed by atoms with Gasteiger partial charge in [-0.05, 0) is 26.7 Å². The Morgan fingerprint density at radius 3 is 2.65 bits per heavy atom. The van der Waals surface area contributed by atoms with Crippen molar-refractivity contribution in [1.82, 2.24) is 10.2 Å². The Hall–Kier alpha value is -1.79. The van der Waals surface area contributed by atoms with Crippen molar-refractivity contribution in [3.8, 4) is 0 Å². The molecule has 7 heteroatoms. The number of nitrogens with one attached hydrogen (secondary N) is 1. The topological polar surface area (TPSA) is 95.9 Å². The number of ether oxygens (including phenoxy) is 1. The molecule has 1 fully saturated rings. The Bertz CT molecular complexity index is 370. The molecular formula is C13H22N2O5. The van der Waals surface area contributed by atoms with Crippen LogP contribution in [0.3, 0.4) is 0 Å². The Balaban J connectivity index is 2.15. The smallest absolute Gasteiger partial charge is 0.317 e. The van der Waals surface area contributed by atoms with Gasteiger partial charge in [-0.15, -0.1) is 0 Å². The van der Waals surface area contributed by atoms with Crippen LogP contribution in [0.25, 0.3) is 0 Å². The van der Waals surface area contributed by atoms with E-state index in [4.69, 9.17) is 9.84 Å². The molecule has 0 spiro atoms. The van der Waals surface area contributed by atoms with Gasteiger partial charge in [0.2, 0.25) is 0 Å². The summed E-state index contributed by atoms with van der Waals surface area (Å²) in [7, 11) is 0. The lowest BCUT2D eigenvalue weighted by atomic mass is 10.1. The lowest BCUT2D eigenvalue weighted by Crippen LogP contribution is -2.39. The molecule has 0 aliphatic carbocycles. The van der Waals surface area contributed by atoms with Crippen LogP contribution in [0.2, 0.25) is 0 Å². The van der Waals surface area contributed by atoms with Crippen molar-refractivity contribution in [2.24, 2.45) is 5.92 Å². The number of carboxylic acid groups (broad SMARTS) is 1. The number of nitrogens with zero attached hydrogens (tertiary/aromatic N) is 1. The SMILES string of the molecule is CC(C)OC(=O)CCCNC(=O)N1CCC(C(=O)O)C1. The molecule has 1 unspecified atom stereocenters. The van der Waals surface area contributed by atoms with Crippen LogP contribution in [0.5, 0.6) is 0 Å². The first-order valence-corrected chi connectivity index (χ1v) is 6.85. The number of aliphatic carboxylic acids is 1. The van der Waals surface area contributed by atoms with Crippen LogP contribution >= 0.6 is 0 Å². The third kappa shape index (κ3) is 5.46. The van der Waals surface area contributed by atoms with E-state index in [1.54, 1.807) is 13.8 Å². The number of rotatable bonds is 6. The third-order valence-corrected chi connectivity index (χ3v) is 3.03. The van der Waals surface area contributed by atoms with E-state index in [-0.39, 0.29) is 31.1 Å². The standard InChI is InChI=1S/C13H22N2O5/c1-9(2)20-11(16)4-3-6-14-13(19)15-7-5-10(8-15)12(17)18/h9-10H,3-8H2,1-2H3,(H,14,19)(H,17,18). The normalized spacial score (nSPS) is 18.1. The molecule has 2 amide bonds. The summed E-state index contributed by atoms with van der Waals surface area (Å²) in [5.74, 6) is -1.61. The maximum Gasteiger partial charge on any atom is 0.317 e. The highest BCUT2D eigenvalue weighted by molar-refractivity contribution is 5.77. The summed E-state index contributed by atoms with van der Waals surface area (Å²) in [5.41, 5.74) is 0. The van der Waals surface area contributed by atoms with E-state index in [1.165, 1.54) is 4.90 Å². The zero-order valence-electron chi connectivity index (χ0n) is 11.9. The maximum atomic E-state index is 11.7. The quantitative estimate of drug-likeness (QED) is 0.557. The van der Waals surface area contributed by atoms with Gasteiger partial charge in [0.1, 0.15) is 0 Å². The fourth-order valence-corrected chi connectivity index (χ4v) is 2.01. The molecule has 1 heterocycles. The van der Waals surface area contributed by atoms with Gasteiger partial charge in [-0.2, -0.15) is 0 Å². The highest BCUT2D eigenvalue weighted by Crippen LogP contribution is 2.15. The Labute approximate surface area is 118 Å². The second-order valence-electron chi connectivity index (χ2n) is 5.14. The zero-order chi connectivity index (χ0) is 15.1. The summed E-state index contributed by atoms with van der Waals surface area (Å²) in [6.07, 6.45) is 1.13. The van der Waals surface area contributed by atoms with Gasteiger partial charge in [0.25, 0.3) is 0 Å². The van der Waals surface area contributed by atoms with E-state index in [2.05, 4.69) is 5.32 Å². The molecule has 0 saturated carbocycles. The molecule has 0 bridgehead atoms. The van der Waals surface area contributed by atoms with Crippen molar-refractivity contribution in [3.63, 3.8) is 0 Å². The van der Waals surface area contributed by atoms with Gasteiger partial charge >= 0.3 is 18.0 Å². The van der Waals surface area contributed by atoms with Gasteiger partial charge in [0, 0.05) is 26.1 Å². The Kier molecular flexibility index (Phi) is 6.27. The molecule has 0 aromatic carbocycles. The number of hydrogen-bond acceptors (Lipinski definition) is 4. The van der Waals surface area contributed by atoms with Gasteiger partial charge in [-0.3, -0.25) is 9.59 Å². The van der Waals surface area contributed by atoms with Crippen molar-refractivity contribution in [2.75, 3.05) is 19.6 Å². The molecule has 0 aromatic heterocycles. The Morgan fingerprint density at radius 2 is 2.10 bits per heavy atom. The van der Waals surface area contributed by atoms with E-state index < -0.39 is 11.9 Å². The minimum atomic E-state index is -0.864. The fraction of sp³-hybridized carbons (Fsp3) is 0.769. The molecule has 0 aromatic rings. The van der Waals surface area contributed by atoms with Gasteiger partial charge in [-0.1, -0.05) is 0 Å². The van der Waals surface area contributed by atoms with Crippen molar-refractivity contribution in [3.05, 3.63) is 0 Å². The van der Waals surface area contributed by atoms with Crippen LogP contribution in [0, 0.1) is 5.92 Å². The first-order valence-electron chi connectivity index (χ1n) is 6.85. The first kappa shape index (κ1) is 16.3. The zero-order valence-corrected chi connectivity index (χ0v) is 11.9. The number of carbonyl (C=O) groups is 3. The van der Waals surface area contributed by atoms with Gasteiger partial charge in [-0.25, -0.2) is 4.79 Å². The summed E-state index contributed by atoms with van der Waals surface area (Å²) < 4.78 is 4.97. The molecular weight excluding hydrogens is 264 g/mol. The predicted octanol–water partition coefficient (Wildman–Crippen LogP) is 0.834. The molecule has 1 saturated heterocycles. The van der Waals surface area contributed by atoms with E-state index in [1.807, 2.05) is 0 Å². The summed E-state index contributed by atoms with van der Waals surface area (Å²) in [6, 6.07) is -0.272. The molecule has 20 heavy (non-hydrogen) atoms. The number of hydrogen-bond donors (Lipinski definition) is 2. The number of amides is 2. The van der Waals surface area contributed by atoms with Crippen LogP contribution in [0.1, 0.15) is 33.1 Å². The van der Waals surface area contributed by atoms with E-state index >= 15 is 0 Å². The molecule has 0 radical (unpaired) electrons. The number of likely N-dealkylation sites (tertiary alicyclic amines) is 1. The Morgan fingerprint density at radius 1 is 1.40 bits per heavy atom. The van der Waals surface area contributed by atoms with Crippen LogP contribution in [0.15, 0.2) is 0 Å². The average Bonchev–Trinajstić information content (AvgIpc) is 2.83. The number of carbonyl (C=O) groups excluding carboxylic acids is 2. The second kappa shape index (κ2) is 7.72. The maximum absolute atomic E-state index is 11.7. The molecule has 1 aliphatic heterocycles. The van der Waals surface area contributed by atoms with Gasteiger partial charge in [0.15, 0.2) is 0 Å². The summed E-state index contributed by atoms with van der Waals surface area (Å²) in [5, 5.41) is 11.5. The second-order valence-corrected chi connectivity index (χ2v) is 5.14. The molecule has 114 valence electrons. The first-order chi connectivity index (χ1) is 9.40. The van der Waals surface area contributed by atoms with Gasteiger partial charge in [0.05, 0.1) is 12.0 Å². The summed E-state index contributed by atoms with van der Waals surface area (Å²) in [6.45, 7) is 4.65. The van der Waals surface area contributed by atoms with Crippen molar-refractivity contribution < 1.29 is 24.2 Å². The molecule has 2 N–H and O–H groups in total. The number of urea groups is 1. The monoisotopic (exact) mass is 286 g/mol. The minimum Gasteiger partial charge on any atom is -0.481 e. The lowest BCUT2D eigenvalue weighted by molar-refractivity contribution is -0.147. The minimum absolute atomic E-state index is 0.130. The molecule has 7 nitrogen and oxygen atoms in total. The van der Waals surface area contributed by atoms with Crippen LogP contribution in [-0.2, 0) is 14.3 Å². The van der Waals surface area contributed by atoms with E-state index in [9.17, 15) is 14.4 Å². The van der Waals surface area contributed by atoms with Crippen molar-refractivity contribution >= 4 is 18.0 Å². The van der Waals surface area contributed by atoms with Crippen LogP contribution < -0.4 is 5.32 Å². The van der Waals surface area contributed by atoms with Crippen LogP contribution in [-0.4, -0.2) is 53.7 Å². The molecule has 1 atom stereocenters. The molecule has 1 aliphatic rings. The summed E-state index contributed by atoms with van der Waals surface area (Å²) >= 11 is 0. The average molecular weight is 286 g/mol. The lowest BCUT2D eigenvalue weighted by Gasteiger charge is -2.16. The van der Waals surface area contributed by atoms with Gasteiger partial charge < -0.3 is 20.1 Å². The van der Waals surface area contributed by atoms with E-state index in [0.29, 0.717) is 25.9 Å². The van der Waals surface area contributed by atoms with Crippen LogP contribution in [0.4, 0.5) is 4.79 Å². The fourth-order valence-electron chi connectivity index (χ4n) is 2.01. The highest BCUT2D eigenvalue weighted by atomic mass is 16.5. The van der Waals surface area contributed by atoms with Crippen molar-refractivity contribution in [1.29, 1.82) is 0 Å². The number of carboxylic acids is 1. The van der Waals surface area contributed by atoms with E-state index in [0.717, 1.165) is 0 Å². The third-order valence-electron chi connectivity index (χ3n) is 3.03. The highest BCUT2D eigenvalue weighted by Gasteiger charge is 2.30.